The molecule has 1 aliphatic rings. The van der Waals surface area contributed by atoms with E-state index in [0.717, 1.165) is 19.3 Å². The smallest absolute Gasteiger partial charge is 0.312 e. The molecule has 1 aromatic carbocycles. The quantitative estimate of drug-likeness (QED) is 0.674. The first-order chi connectivity index (χ1) is 9.84. The van der Waals surface area contributed by atoms with Gasteiger partial charge in [0.05, 0.1) is 4.92 Å². The maximum Gasteiger partial charge on any atom is 0.312 e. The number of nitro groups is 1. The molecule has 21 heavy (non-hydrogen) atoms. The zero-order valence-electron chi connectivity index (χ0n) is 11.9. The molecular weight excluding hydrogens is 294 g/mol. The predicted octanol–water partition coefficient (Wildman–Crippen LogP) is 1.87. The number of nitrogens with two attached hydrogens (primary N) is 1. The van der Waals surface area contributed by atoms with Gasteiger partial charge in [0.2, 0.25) is 10.0 Å². The van der Waals surface area contributed by atoms with E-state index in [1.54, 1.807) is 6.07 Å². The van der Waals surface area contributed by atoms with Gasteiger partial charge < -0.3 is 4.90 Å². The summed E-state index contributed by atoms with van der Waals surface area (Å²) < 4.78 is 23.1. The number of nitro benzene ring substituents is 1. The van der Waals surface area contributed by atoms with Crippen molar-refractivity contribution < 1.29 is 13.3 Å². The van der Waals surface area contributed by atoms with Gasteiger partial charge in [-0.25, -0.2) is 13.6 Å². The second-order valence-electron chi connectivity index (χ2n) is 5.29. The average molecular weight is 313 g/mol. The van der Waals surface area contributed by atoms with Crippen LogP contribution in [0, 0.1) is 16.0 Å². The number of piperidine rings is 1. The number of rotatable bonds is 4. The van der Waals surface area contributed by atoms with Crippen LogP contribution in [0.1, 0.15) is 26.2 Å². The van der Waals surface area contributed by atoms with Crippen LogP contribution < -0.4 is 10.0 Å². The Morgan fingerprint density at radius 1 is 1.48 bits per heavy atom. The van der Waals surface area contributed by atoms with Crippen LogP contribution in [0.5, 0.6) is 0 Å². The van der Waals surface area contributed by atoms with E-state index in [-0.39, 0.29) is 0 Å². The second-order valence-corrected chi connectivity index (χ2v) is 6.82. The van der Waals surface area contributed by atoms with Gasteiger partial charge in [0.15, 0.2) is 4.90 Å². The largest absolute Gasteiger partial charge is 0.366 e. The maximum absolute atomic E-state index is 11.6. The number of para-hydroxylation sites is 1. The summed E-state index contributed by atoms with van der Waals surface area (Å²) >= 11 is 0. The predicted molar refractivity (Wildman–Crippen MR) is 79.7 cm³/mol. The molecule has 0 saturated carbocycles. The molecule has 1 atom stereocenters. The summed E-state index contributed by atoms with van der Waals surface area (Å²) in [7, 11) is -4.13. The molecule has 1 saturated heterocycles. The standard InChI is InChI=1S/C13H19N3O4S/c1-2-10-5-4-8-15(9-10)11-6-3-7-12(21(14,19)20)13(11)16(17)18/h3,6-7,10H,2,4-5,8-9H2,1H3,(H2,14,19,20). The van der Waals surface area contributed by atoms with Gasteiger partial charge in [0.1, 0.15) is 5.69 Å². The van der Waals surface area contributed by atoms with Crippen molar-refractivity contribution in [1.82, 2.24) is 0 Å². The second kappa shape index (κ2) is 5.98. The highest BCUT2D eigenvalue weighted by Crippen LogP contribution is 2.36. The zero-order chi connectivity index (χ0) is 15.6. The van der Waals surface area contributed by atoms with E-state index in [9.17, 15) is 18.5 Å². The van der Waals surface area contributed by atoms with E-state index in [1.165, 1.54) is 12.1 Å². The Bertz CT molecular complexity index is 645. The molecule has 1 fully saturated rings. The highest BCUT2D eigenvalue weighted by atomic mass is 32.2. The van der Waals surface area contributed by atoms with Crippen molar-refractivity contribution in [1.29, 1.82) is 0 Å². The van der Waals surface area contributed by atoms with Gasteiger partial charge in [0, 0.05) is 13.1 Å². The van der Waals surface area contributed by atoms with Crippen LogP contribution in [-0.2, 0) is 10.0 Å². The highest BCUT2D eigenvalue weighted by Gasteiger charge is 2.31. The molecule has 1 unspecified atom stereocenters. The molecule has 7 nitrogen and oxygen atoms in total. The van der Waals surface area contributed by atoms with Crippen LogP contribution in [0.2, 0.25) is 0 Å². The van der Waals surface area contributed by atoms with Crippen LogP contribution in [-0.4, -0.2) is 26.4 Å². The summed E-state index contributed by atoms with van der Waals surface area (Å²) in [5.41, 5.74) is -0.0820. The average Bonchev–Trinajstić information content (AvgIpc) is 2.45. The minimum absolute atomic E-state index is 0.338. The number of nitrogens with zero attached hydrogens (tertiary/aromatic N) is 2. The molecule has 0 bridgehead atoms. The van der Waals surface area contributed by atoms with E-state index < -0.39 is 25.5 Å². The molecule has 8 heteroatoms. The Hall–Kier alpha value is -1.67. The monoisotopic (exact) mass is 313 g/mol. The first-order valence-electron chi connectivity index (χ1n) is 6.89. The van der Waals surface area contributed by atoms with Crippen molar-refractivity contribution in [2.75, 3.05) is 18.0 Å². The summed E-state index contributed by atoms with van der Waals surface area (Å²) in [6.07, 6.45) is 3.03. The van der Waals surface area contributed by atoms with Gasteiger partial charge >= 0.3 is 5.69 Å². The molecule has 2 rings (SSSR count). The molecule has 0 aromatic heterocycles. The summed E-state index contributed by atoms with van der Waals surface area (Å²) in [5, 5.41) is 16.4. The molecule has 0 amide bonds. The van der Waals surface area contributed by atoms with Gasteiger partial charge in [-0.05, 0) is 30.9 Å². The third-order valence-electron chi connectivity index (χ3n) is 3.90. The number of benzene rings is 1. The highest BCUT2D eigenvalue weighted by molar-refractivity contribution is 7.89. The minimum atomic E-state index is -4.13. The zero-order valence-corrected chi connectivity index (χ0v) is 12.7. The van der Waals surface area contributed by atoms with Gasteiger partial charge in [-0.2, -0.15) is 0 Å². The number of sulfonamides is 1. The van der Waals surface area contributed by atoms with E-state index in [2.05, 4.69) is 6.92 Å². The van der Waals surface area contributed by atoms with E-state index in [0.29, 0.717) is 24.7 Å². The summed E-state index contributed by atoms with van der Waals surface area (Å²) in [4.78, 5) is 12.1. The summed E-state index contributed by atoms with van der Waals surface area (Å²) in [6.45, 7) is 3.47. The molecular formula is C13H19N3O4S. The van der Waals surface area contributed by atoms with Crippen molar-refractivity contribution in [3.05, 3.63) is 28.3 Å². The fourth-order valence-electron chi connectivity index (χ4n) is 2.80. The Labute approximate surface area is 123 Å². The van der Waals surface area contributed by atoms with Crippen molar-refractivity contribution in [2.24, 2.45) is 11.1 Å². The number of anilines is 1. The van der Waals surface area contributed by atoms with Crippen molar-refractivity contribution in [3.8, 4) is 0 Å². The molecule has 1 heterocycles. The lowest BCUT2D eigenvalue weighted by Crippen LogP contribution is -2.35. The molecule has 1 aliphatic heterocycles. The van der Waals surface area contributed by atoms with E-state index >= 15 is 0 Å². The lowest BCUT2D eigenvalue weighted by molar-refractivity contribution is -0.387. The Morgan fingerprint density at radius 3 is 2.76 bits per heavy atom. The van der Waals surface area contributed by atoms with Gasteiger partial charge in [-0.3, -0.25) is 10.1 Å². The number of hydrogen-bond donors (Lipinski definition) is 1. The van der Waals surface area contributed by atoms with Gasteiger partial charge in [-0.15, -0.1) is 0 Å². The normalized spacial score (nSPS) is 19.5. The van der Waals surface area contributed by atoms with Crippen LogP contribution in [0.15, 0.2) is 23.1 Å². The number of primary sulfonamides is 1. The first-order valence-corrected chi connectivity index (χ1v) is 8.44. The SMILES string of the molecule is CCC1CCCN(c2cccc(S(N)(=O)=O)c2[N+](=O)[O-])C1. The molecule has 1 aromatic rings. The minimum Gasteiger partial charge on any atom is -0.366 e. The topological polar surface area (TPSA) is 107 Å². The van der Waals surface area contributed by atoms with Crippen LogP contribution in [0.3, 0.4) is 0 Å². The molecule has 2 N–H and O–H groups in total. The third-order valence-corrected chi connectivity index (χ3v) is 4.85. The lowest BCUT2D eigenvalue weighted by Gasteiger charge is -2.33. The lowest BCUT2D eigenvalue weighted by atomic mass is 9.95. The Kier molecular flexibility index (Phi) is 4.48. The van der Waals surface area contributed by atoms with Gasteiger partial charge in [-0.1, -0.05) is 19.4 Å². The number of hydrogen-bond acceptors (Lipinski definition) is 5. The van der Waals surface area contributed by atoms with Crippen molar-refractivity contribution >= 4 is 21.4 Å². The van der Waals surface area contributed by atoms with E-state index in [4.69, 9.17) is 5.14 Å². The molecule has 0 radical (unpaired) electrons. The molecule has 0 aliphatic carbocycles. The van der Waals surface area contributed by atoms with Gasteiger partial charge in [0.25, 0.3) is 0 Å². The molecule has 0 spiro atoms. The summed E-state index contributed by atoms with van der Waals surface area (Å²) in [6, 6.07) is 4.26. The summed E-state index contributed by atoms with van der Waals surface area (Å²) in [5.74, 6) is 0.469. The molecule has 116 valence electrons. The van der Waals surface area contributed by atoms with Crippen LogP contribution >= 0.6 is 0 Å². The van der Waals surface area contributed by atoms with Crippen LogP contribution in [0.25, 0.3) is 0 Å². The van der Waals surface area contributed by atoms with Crippen LogP contribution in [0.4, 0.5) is 11.4 Å². The van der Waals surface area contributed by atoms with Crippen molar-refractivity contribution in [3.63, 3.8) is 0 Å². The Balaban J connectivity index is 2.51. The first kappa shape index (κ1) is 15.7. The Morgan fingerprint density at radius 2 is 2.19 bits per heavy atom. The third kappa shape index (κ3) is 3.33. The fourth-order valence-corrected chi connectivity index (χ4v) is 3.51. The van der Waals surface area contributed by atoms with E-state index in [1.807, 2.05) is 4.90 Å². The maximum atomic E-state index is 11.6. The van der Waals surface area contributed by atoms with Crippen molar-refractivity contribution in [2.45, 2.75) is 31.1 Å². The fraction of sp³-hybridized carbons (Fsp3) is 0.538.